The summed E-state index contributed by atoms with van der Waals surface area (Å²) in [6, 6.07) is 63.4. The zero-order valence-electron chi connectivity index (χ0n) is 26.5. The molecule has 3 heteroatoms. The van der Waals surface area contributed by atoms with Crippen molar-refractivity contribution in [3.05, 3.63) is 176 Å². The number of para-hydroxylation sites is 1. The average Bonchev–Trinajstić information content (AvgIpc) is 3.74. The molecule has 0 aliphatic rings. The first kappa shape index (κ1) is 27.9. The SMILES string of the molecule is c1ccc(-c2ccc(N(c3ccc4ccccc4c3)c3cccc4c3sc3ccccc34)cc2-c2ccc3oc4ccccc4c3c2)cc1. The maximum Gasteiger partial charge on any atom is 0.135 e. The van der Waals surface area contributed by atoms with Gasteiger partial charge < -0.3 is 9.32 Å². The van der Waals surface area contributed by atoms with Crippen molar-refractivity contribution >= 4 is 81.3 Å². The standard InChI is InChI=1S/C46H29NOS/c1-2-12-31(13-3-1)36-25-24-35(29-40(36)33-22-26-44-41(28-33)37-15-6-8-19-43(37)48-44)47(34-23-21-30-11-4-5-14-32(30)27-34)42-18-10-17-39-38-16-7-9-20-45(38)49-46(39)42/h1-29H. The molecule has 10 rings (SSSR count). The van der Waals surface area contributed by atoms with Crippen molar-refractivity contribution in [3.63, 3.8) is 0 Å². The number of anilines is 3. The lowest BCUT2D eigenvalue weighted by molar-refractivity contribution is 0.669. The molecule has 0 saturated carbocycles. The second kappa shape index (κ2) is 11.2. The van der Waals surface area contributed by atoms with E-state index >= 15 is 0 Å². The molecule has 2 heterocycles. The third-order valence-electron chi connectivity index (χ3n) is 9.65. The Morgan fingerprint density at radius 3 is 2.04 bits per heavy atom. The summed E-state index contributed by atoms with van der Waals surface area (Å²) >= 11 is 1.86. The van der Waals surface area contributed by atoms with Gasteiger partial charge in [0.15, 0.2) is 0 Å². The van der Waals surface area contributed by atoms with Gasteiger partial charge in [-0.3, -0.25) is 0 Å². The lowest BCUT2D eigenvalue weighted by Gasteiger charge is -2.27. The molecule has 0 spiro atoms. The average molecular weight is 644 g/mol. The minimum absolute atomic E-state index is 0.900. The lowest BCUT2D eigenvalue weighted by atomic mass is 9.92. The molecule has 230 valence electrons. The summed E-state index contributed by atoms with van der Waals surface area (Å²) in [5.74, 6) is 0. The van der Waals surface area contributed by atoms with E-state index in [1.165, 1.54) is 53.3 Å². The molecular weight excluding hydrogens is 615 g/mol. The lowest BCUT2D eigenvalue weighted by Crippen LogP contribution is -2.10. The molecule has 0 aliphatic heterocycles. The van der Waals surface area contributed by atoms with Gasteiger partial charge in [-0.25, -0.2) is 0 Å². The van der Waals surface area contributed by atoms with Crippen LogP contribution in [0.2, 0.25) is 0 Å². The van der Waals surface area contributed by atoms with Crippen LogP contribution in [0.15, 0.2) is 180 Å². The Labute approximate surface area is 287 Å². The summed E-state index contributed by atoms with van der Waals surface area (Å²) in [5, 5.41) is 7.27. The molecule has 2 aromatic heterocycles. The summed E-state index contributed by atoms with van der Waals surface area (Å²) in [5.41, 5.74) is 9.90. The van der Waals surface area contributed by atoms with Gasteiger partial charge in [-0.2, -0.15) is 0 Å². The largest absolute Gasteiger partial charge is 0.456 e. The highest BCUT2D eigenvalue weighted by molar-refractivity contribution is 7.26. The van der Waals surface area contributed by atoms with Crippen LogP contribution in [0.3, 0.4) is 0 Å². The van der Waals surface area contributed by atoms with Crippen LogP contribution in [0.5, 0.6) is 0 Å². The van der Waals surface area contributed by atoms with Gasteiger partial charge in [0.1, 0.15) is 11.2 Å². The van der Waals surface area contributed by atoms with E-state index in [2.05, 4.69) is 169 Å². The van der Waals surface area contributed by atoms with Gasteiger partial charge in [0.2, 0.25) is 0 Å². The summed E-state index contributed by atoms with van der Waals surface area (Å²) in [7, 11) is 0. The van der Waals surface area contributed by atoms with Crippen LogP contribution in [0.25, 0.3) is 75.1 Å². The highest BCUT2D eigenvalue weighted by atomic mass is 32.1. The zero-order valence-corrected chi connectivity index (χ0v) is 27.3. The summed E-state index contributed by atoms with van der Waals surface area (Å²) in [6.07, 6.45) is 0. The number of thiophene rings is 1. The maximum absolute atomic E-state index is 6.23. The summed E-state index contributed by atoms with van der Waals surface area (Å²) in [4.78, 5) is 2.44. The Hall–Kier alpha value is -6.16. The van der Waals surface area contributed by atoms with E-state index in [0.29, 0.717) is 0 Å². The van der Waals surface area contributed by atoms with Crippen LogP contribution >= 0.6 is 11.3 Å². The van der Waals surface area contributed by atoms with E-state index in [4.69, 9.17) is 4.42 Å². The zero-order chi connectivity index (χ0) is 32.3. The minimum Gasteiger partial charge on any atom is -0.456 e. The van der Waals surface area contributed by atoms with Gasteiger partial charge in [-0.15, -0.1) is 11.3 Å². The highest BCUT2D eigenvalue weighted by Crippen LogP contribution is 2.47. The Balaban J connectivity index is 1.25. The smallest absolute Gasteiger partial charge is 0.135 e. The van der Waals surface area contributed by atoms with E-state index in [9.17, 15) is 0 Å². The highest BCUT2D eigenvalue weighted by Gasteiger charge is 2.21. The van der Waals surface area contributed by atoms with Crippen LogP contribution in [0.4, 0.5) is 17.1 Å². The second-order valence-corrected chi connectivity index (χ2v) is 13.6. The van der Waals surface area contributed by atoms with E-state index in [0.717, 1.165) is 38.9 Å². The first-order valence-electron chi connectivity index (χ1n) is 16.6. The van der Waals surface area contributed by atoms with Crippen molar-refractivity contribution in [2.24, 2.45) is 0 Å². The van der Waals surface area contributed by atoms with Crippen molar-refractivity contribution in [2.45, 2.75) is 0 Å². The van der Waals surface area contributed by atoms with Gasteiger partial charge in [0.25, 0.3) is 0 Å². The van der Waals surface area contributed by atoms with E-state index in [1.54, 1.807) is 0 Å². The van der Waals surface area contributed by atoms with Gasteiger partial charge in [-0.05, 0) is 87.6 Å². The molecule has 0 atom stereocenters. The van der Waals surface area contributed by atoms with Crippen LogP contribution < -0.4 is 4.90 Å². The first-order valence-corrected chi connectivity index (χ1v) is 17.4. The van der Waals surface area contributed by atoms with Crippen molar-refractivity contribution in [1.82, 2.24) is 0 Å². The fourth-order valence-electron chi connectivity index (χ4n) is 7.32. The molecule has 0 saturated heterocycles. The number of furan rings is 1. The fraction of sp³-hybridized carbons (Fsp3) is 0. The van der Waals surface area contributed by atoms with Crippen molar-refractivity contribution in [3.8, 4) is 22.3 Å². The van der Waals surface area contributed by atoms with E-state index < -0.39 is 0 Å². The maximum atomic E-state index is 6.23. The monoisotopic (exact) mass is 643 g/mol. The minimum atomic E-state index is 0.900. The van der Waals surface area contributed by atoms with E-state index in [1.807, 2.05) is 23.5 Å². The molecule has 0 bridgehead atoms. The Kier molecular flexibility index (Phi) is 6.39. The molecule has 2 nitrogen and oxygen atoms in total. The molecule has 0 amide bonds. The Bertz CT molecular complexity index is 2840. The van der Waals surface area contributed by atoms with Gasteiger partial charge in [0.05, 0.1) is 10.4 Å². The third kappa shape index (κ3) is 4.62. The predicted molar refractivity (Wildman–Crippen MR) is 210 cm³/mol. The third-order valence-corrected chi connectivity index (χ3v) is 10.9. The van der Waals surface area contributed by atoms with Gasteiger partial charge >= 0.3 is 0 Å². The van der Waals surface area contributed by atoms with Crippen LogP contribution in [0.1, 0.15) is 0 Å². The molecule has 0 unspecified atom stereocenters. The van der Waals surface area contributed by atoms with Crippen LogP contribution in [0, 0.1) is 0 Å². The quantitative estimate of drug-likeness (QED) is 0.186. The first-order chi connectivity index (χ1) is 24.3. The number of fused-ring (bicyclic) bond motifs is 7. The fourth-order valence-corrected chi connectivity index (χ4v) is 8.53. The topological polar surface area (TPSA) is 16.4 Å². The molecule has 10 aromatic rings. The normalized spacial score (nSPS) is 11.7. The molecular formula is C46H29NOS. The van der Waals surface area contributed by atoms with Crippen LogP contribution in [-0.4, -0.2) is 0 Å². The van der Waals surface area contributed by atoms with Crippen LogP contribution in [-0.2, 0) is 0 Å². The number of hydrogen-bond acceptors (Lipinski definition) is 3. The van der Waals surface area contributed by atoms with Gasteiger partial charge in [0, 0.05) is 37.6 Å². The molecule has 0 aliphatic carbocycles. The van der Waals surface area contributed by atoms with Crippen molar-refractivity contribution in [2.75, 3.05) is 4.90 Å². The molecule has 8 aromatic carbocycles. The number of hydrogen-bond donors (Lipinski definition) is 0. The molecule has 0 N–H and O–H groups in total. The Morgan fingerprint density at radius 1 is 0.408 bits per heavy atom. The predicted octanol–water partition coefficient (Wildman–Crippen LogP) is 13.9. The Morgan fingerprint density at radius 2 is 1.12 bits per heavy atom. The summed E-state index contributed by atoms with van der Waals surface area (Å²) < 4.78 is 8.80. The number of nitrogens with zero attached hydrogens (tertiary/aromatic N) is 1. The number of rotatable bonds is 5. The molecule has 49 heavy (non-hydrogen) atoms. The summed E-state index contributed by atoms with van der Waals surface area (Å²) in [6.45, 7) is 0. The second-order valence-electron chi connectivity index (χ2n) is 12.5. The number of benzene rings is 8. The van der Waals surface area contributed by atoms with Crippen molar-refractivity contribution < 1.29 is 4.42 Å². The van der Waals surface area contributed by atoms with Gasteiger partial charge in [-0.1, -0.05) is 121 Å². The van der Waals surface area contributed by atoms with Crippen molar-refractivity contribution in [1.29, 1.82) is 0 Å². The molecule has 0 radical (unpaired) electrons. The van der Waals surface area contributed by atoms with E-state index in [-0.39, 0.29) is 0 Å². The molecule has 0 fully saturated rings.